The molecule has 0 aromatic rings. The minimum Gasteiger partial charge on any atom is -0.395 e. The van der Waals surface area contributed by atoms with Gasteiger partial charge in [0.05, 0.1) is 19.8 Å². The van der Waals surface area contributed by atoms with E-state index in [4.69, 9.17) is 14.6 Å². The molecule has 1 aliphatic carbocycles. The Balaban J connectivity index is 1.76. The fourth-order valence-electron chi connectivity index (χ4n) is 2.64. The molecule has 0 amide bonds. The average molecular weight is 229 g/mol. The van der Waals surface area contributed by atoms with Gasteiger partial charge in [-0.3, -0.25) is 0 Å². The lowest BCUT2D eigenvalue weighted by atomic mass is 9.89. The number of hydrogen-bond donors (Lipinski definition) is 2. The van der Waals surface area contributed by atoms with Gasteiger partial charge in [-0.1, -0.05) is 6.92 Å². The van der Waals surface area contributed by atoms with Crippen molar-refractivity contribution in [2.45, 2.75) is 56.9 Å². The number of hydrogen-bond acceptors (Lipinski definition) is 4. The summed E-state index contributed by atoms with van der Waals surface area (Å²) in [6.45, 7) is 3.81. The second-order valence-corrected chi connectivity index (χ2v) is 4.84. The normalized spacial score (nSPS) is 27.4. The number of aliphatic hydroxyl groups is 1. The molecule has 2 aliphatic rings. The van der Waals surface area contributed by atoms with Crippen LogP contribution in [0.3, 0.4) is 0 Å². The molecule has 1 aliphatic heterocycles. The molecule has 2 N–H and O–H groups in total. The van der Waals surface area contributed by atoms with E-state index in [9.17, 15) is 0 Å². The van der Waals surface area contributed by atoms with Gasteiger partial charge in [0.15, 0.2) is 5.79 Å². The van der Waals surface area contributed by atoms with E-state index in [0.717, 1.165) is 45.3 Å². The van der Waals surface area contributed by atoms with Gasteiger partial charge < -0.3 is 19.9 Å². The van der Waals surface area contributed by atoms with Gasteiger partial charge in [-0.25, -0.2) is 0 Å². The Bertz CT molecular complexity index is 202. The quantitative estimate of drug-likeness (QED) is 0.756. The predicted octanol–water partition coefficient (Wildman–Crippen LogP) is 1.03. The standard InChI is InChI=1S/C12H23NO3/c1-2-10(9-14)13-11-3-5-12(6-4-11)15-7-8-16-12/h10-11,13-14H,2-9H2,1H3/t10-/m1/s1. The van der Waals surface area contributed by atoms with Crippen LogP contribution in [0.5, 0.6) is 0 Å². The highest BCUT2D eigenvalue weighted by Crippen LogP contribution is 2.35. The van der Waals surface area contributed by atoms with Crippen LogP contribution in [0.15, 0.2) is 0 Å². The molecule has 94 valence electrons. The molecule has 0 unspecified atom stereocenters. The number of nitrogens with one attached hydrogen (secondary N) is 1. The molecular formula is C12H23NO3. The molecule has 1 saturated heterocycles. The van der Waals surface area contributed by atoms with Crippen molar-refractivity contribution in [1.29, 1.82) is 0 Å². The first-order chi connectivity index (χ1) is 7.78. The lowest BCUT2D eigenvalue weighted by Gasteiger charge is -2.36. The van der Waals surface area contributed by atoms with Crippen LogP contribution in [0.2, 0.25) is 0 Å². The Kier molecular flexibility index (Phi) is 4.19. The third-order valence-corrected chi connectivity index (χ3v) is 3.75. The first kappa shape index (κ1) is 12.3. The number of aliphatic hydroxyl groups excluding tert-OH is 1. The molecule has 1 spiro atoms. The summed E-state index contributed by atoms with van der Waals surface area (Å²) in [5, 5.41) is 12.7. The Morgan fingerprint density at radius 2 is 1.94 bits per heavy atom. The zero-order chi connectivity index (χ0) is 11.4. The van der Waals surface area contributed by atoms with Crippen LogP contribution in [0, 0.1) is 0 Å². The van der Waals surface area contributed by atoms with Gasteiger partial charge in [-0.15, -0.1) is 0 Å². The van der Waals surface area contributed by atoms with Crippen LogP contribution in [0.25, 0.3) is 0 Å². The summed E-state index contributed by atoms with van der Waals surface area (Å²) >= 11 is 0. The topological polar surface area (TPSA) is 50.7 Å². The van der Waals surface area contributed by atoms with Crippen molar-refractivity contribution in [3.63, 3.8) is 0 Å². The van der Waals surface area contributed by atoms with Crippen molar-refractivity contribution in [2.75, 3.05) is 19.8 Å². The summed E-state index contributed by atoms with van der Waals surface area (Å²) in [6, 6.07) is 0.750. The summed E-state index contributed by atoms with van der Waals surface area (Å²) in [5.74, 6) is -0.265. The summed E-state index contributed by atoms with van der Waals surface area (Å²) in [7, 11) is 0. The third kappa shape index (κ3) is 2.74. The lowest BCUT2D eigenvalue weighted by Crippen LogP contribution is -2.46. The number of ether oxygens (including phenoxy) is 2. The molecule has 4 nitrogen and oxygen atoms in total. The zero-order valence-electron chi connectivity index (χ0n) is 10.1. The first-order valence-corrected chi connectivity index (χ1v) is 6.43. The van der Waals surface area contributed by atoms with Crippen molar-refractivity contribution in [3.8, 4) is 0 Å². The molecule has 1 atom stereocenters. The highest BCUT2D eigenvalue weighted by molar-refractivity contribution is 4.86. The van der Waals surface area contributed by atoms with Crippen molar-refractivity contribution < 1.29 is 14.6 Å². The minimum atomic E-state index is -0.265. The van der Waals surface area contributed by atoms with E-state index in [2.05, 4.69) is 12.2 Å². The Morgan fingerprint density at radius 3 is 2.44 bits per heavy atom. The van der Waals surface area contributed by atoms with E-state index in [1.807, 2.05) is 0 Å². The van der Waals surface area contributed by atoms with E-state index in [0.29, 0.717) is 6.04 Å². The SMILES string of the molecule is CC[C@H](CO)NC1CCC2(CC1)OCCO2. The third-order valence-electron chi connectivity index (χ3n) is 3.75. The Hall–Kier alpha value is -0.160. The van der Waals surface area contributed by atoms with Crippen molar-refractivity contribution in [2.24, 2.45) is 0 Å². The van der Waals surface area contributed by atoms with E-state index < -0.39 is 0 Å². The molecule has 0 aromatic carbocycles. The molecule has 0 bridgehead atoms. The molecule has 1 saturated carbocycles. The lowest BCUT2D eigenvalue weighted by molar-refractivity contribution is -0.179. The van der Waals surface area contributed by atoms with Gasteiger partial charge in [0.1, 0.15) is 0 Å². The largest absolute Gasteiger partial charge is 0.395 e. The highest BCUT2D eigenvalue weighted by atomic mass is 16.7. The fraction of sp³-hybridized carbons (Fsp3) is 1.00. The van der Waals surface area contributed by atoms with Gasteiger partial charge in [0.2, 0.25) is 0 Å². The van der Waals surface area contributed by atoms with Gasteiger partial charge in [0.25, 0.3) is 0 Å². The van der Waals surface area contributed by atoms with E-state index in [-0.39, 0.29) is 18.4 Å². The average Bonchev–Trinajstić information content (AvgIpc) is 2.77. The van der Waals surface area contributed by atoms with Crippen LogP contribution in [0.4, 0.5) is 0 Å². The highest BCUT2D eigenvalue weighted by Gasteiger charge is 2.40. The molecular weight excluding hydrogens is 206 g/mol. The summed E-state index contributed by atoms with van der Waals surface area (Å²) in [4.78, 5) is 0. The van der Waals surface area contributed by atoms with Crippen molar-refractivity contribution in [1.82, 2.24) is 5.32 Å². The molecule has 16 heavy (non-hydrogen) atoms. The predicted molar refractivity (Wildman–Crippen MR) is 61.2 cm³/mol. The minimum absolute atomic E-state index is 0.227. The van der Waals surface area contributed by atoms with Crippen LogP contribution in [0.1, 0.15) is 39.0 Å². The second-order valence-electron chi connectivity index (χ2n) is 4.84. The monoisotopic (exact) mass is 229 g/mol. The maximum absolute atomic E-state index is 9.15. The molecule has 0 radical (unpaired) electrons. The zero-order valence-corrected chi connectivity index (χ0v) is 10.1. The van der Waals surface area contributed by atoms with Crippen LogP contribution < -0.4 is 5.32 Å². The second kappa shape index (κ2) is 5.45. The molecule has 4 heteroatoms. The molecule has 2 fully saturated rings. The molecule has 1 heterocycles. The van der Waals surface area contributed by atoms with E-state index in [1.54, 1.807) is 0 Å². The van der Waals surface area contributed by atoms with Crippen LogP contribution >= 0.6 is 0 Å². The maximum Gasteiger partial charge on any atom is 0.168 e. The van der Waals surface area contributed by atoms with Gasteiger partial charge in [0, 0.05) is 24.9 Å². The van der Waals surface area contributed by atoms with Crippen LogP contribution in [-0.4, -0.2) is 42.8 Å². The Labute approximate surface area is 97.3 Å². The summed E-state index contributed by atoms with van der Waals surface area (Å²) < 4.78 is 11.4. The van der Waals surface area contributed by atoms with Crippen molar-refractivity contribution >= 4 is 0 Å². The van der Waals surface area contributed by atoms with E-state index in [1.165, 1.54) is 0 Å². The summed E-state index contributed by atoms with van der Waals surface area (Å²) in [5.41, 5.74) is 0. The summed E-state index contributed by atoms with van der Waals surface area (Å²) in [6.07, 6.45) is 5.09. The van der Waals surface area contributed by atoms with Gasteiger partial charge in [-0.2, -0.15) is 0 Å². The maximum atomic E-state index is 9.15. The number of rotatable bonds is 4. The van der Waals surface area contributed by atoms with E-state index >= 15 is 0 Å². The Morgan fingerprint density at radius 1 is 1.31 bits per heavy atom. The van der Waals surface area contributed by atoms with Crippen molar-refractivity contribution in [3.05, 3.63) is 0 Å². The smallest absolute Gasteiger partial charge is 0.168 e. The first-order valence-electron chi connectivity index (χ1n) is 6.43. The molecule has 0 aromatic heterocycles. The van der Waals surface area contributed by atoms with Gasteiger partial charge >= 0.3 is 0 Å². The molecule has 2 rings (SSSR count). The van der Waals surface area contributed by atoms with Crippen LogP contribution in [-0.2, 0) is 9.47 Å². The van der Waals surface area contributed by atoms with Gasteiger partial charge in [-0.05, 0) is 19.3 Å². The fourth-order valence-corrected chi connectivity index (χ4v) is 2.64.